The Balaban J connectivity index is 1.85. The number of allylic oxidation sites excluding steroid dienone is 2. The summed E-state index contributed by atoms with van der Waals surface area (Å²) in [5, 5.41) is 14.3. The molecule has 0 bridgehead atoms. The molecule has 1 aliphatic carbocycles. The number of aldehydes is 1. The second-order valence-corrected chi connectivity index (χ2v) is 10.6. The van der Waals surface area contributed by atoms with Gasteiger partial charge < -0.3 is 15.2 Å². The molecule has 4 rings (SSSR count). The highest BCUT2D eigenvalue weighted by molar-refractivity contribution is 6.43. The Hall–Kier alpha value is -3.65. The molecule has 0 aromatic heterocycles. The van der Waals surface area contributed by atoms with Crippen molar-refractivity contribution >= 4 is 29.7 Å². The molecule has 8 heteroatoms. The minimum atomic E-state index is -1.87. The van der Waals surface area contributed by atoms with Crippen LogP contribution in [0, 0.1) is 23.7 Å². The van der Waals surface area contributed by atoms with E-state index < -0.39 is 64.5 Å². The molecule has 2 heterocycles. The molecule has 0 radical (unpaired) electrons. The number of nitrogens with one attached hydrogen (secondary N) is 1. The summed E-state index contributed by atoms with van der Waals surface area (Å²) in [6.07, 6.45) is 4.49. The molecule has 7 unspecified atom stereocenters. The Bertz CT molecular complexity index is 1220. The Labute approximate surface area is 221 Å². The van der Waals surface area contributed by atoms with Crippen LogP contribution in [0.25, 0.3) is 0 Å². The number of benzene rings is 1. The van der Waals surface area contributed by atoms with Gasteiger partial charge in [-0.1, -0.05) is 62.9 Å². The number of rotatable bonds is 3. The number of esters is 1. The van der Waals surface area contributed by atoms with Gasteiger partial charge in [0.15, 0.2) is 6.29 Å². The number of hydrogen-bond acceptors (Lipinski definition) is 7. The van der Waals surface area contributed by atoms with Crippen molar-refractivity contribution in [2.24, 2.45) is 23.7 Å². The van der Waals surface area contributed by atoms with Crippen LogP contribution < -0.4 is 5.32 Å². The minimum absolute atomic E-state index is 0.0263. The molecule has 1 saturated heterocycles. The highest BCUT2D eigenvalue weighted by Gasteiger charge is 2.68. The number of carbonyl (C=O) groups is 5. The van der Waals surface area contributed by atoms with E-state index in [4.69, 9.17) is 4.74 Å². The number of carbonyl (C=O) groups excluding carboxylic acids is 5. The number of Topliss-reactive ketones (excluding diaryl/α,β-unsaturated/α-hetero) is 1. The van der Waals surface area contributed by atoms with Gasteiger partial charge in [0, 0.05) is 24.5 Å². The third kappa shape index (κ3) is 4.92. The lowest BCUT2D eigenvalue weighted by atomic mass is 9.59. The Kier molecular flexibility index (Phi) is 7.92. The summed E-state index contributed by atoms with van der Waals surface area (Å²) in [6, 6.07) is 9.08. The SMILES string of the molecule is C=C1C(C)C2C(Cc3ccccc3)NC(=O)C23OC(=O)C(C=O)=CC(=O)C(=O)CCC(C)CC=CC3C1O. The van der Waals surface area contributed by atoms with Crippen molar-refractivity contribution < 1.29 is 33.8 Å². The molecule has 2 fully saturated rings. The Morgan fingerprint density at radius 3 is 2.55 bits per heavy atom. The molecule has 1 aromatic rings. The van der Waals surface area contributed by atoms with Crippen LogP contribution in [-0.2, 0) is 35.1 Å². The minimum Gasteiger partial charge on any atom is -0.444 e. The molecule has 8 nitrogen and oxygen atoms in total. The lowest BCUT2D eigenvalue weighted by molar-refractivity contribution is -0.183. The van der Waals surface area contributed by atoms with Gasteiger partial charge in [-0.25, -0.2) is 4.79 Å². The first-order chi connectivity index (χ1) is 18.1. The lowest BCUT2D eigenvalue weighted by Gasteiger charge is -2.49. The van der Waals surface area contributed by atoms with Gasteiger partial charge in [-0.15, -0.1) is 0 Å². The number of amides is 1. The number of ether oxygens (including phenoxy) is 1. The molecule has 7 atom stereocenters. The van der Waals surface area contributed by atoms with Crippen molar-refractivity contribution in [2.45, 2.75) is 57.3 Å². The van der Waals surface area contributed by atoms with E-state index in [9.17, 15) is 29.1 Å². The van der Waals surface area contributed by atoms with Gasteiger partial charge in [0.25, 0.3) is 5.91 Å². The van der Waals surface area contributed by atoms with E-state index in [1.54, 1.807) is 12.2 Å². The maximum atomic E-state index is 13.8. The number of aliphatic hydroxyl groups excluding tert-OH is 1. The maximum absolute atomic E-state index is 13.8. The molecular weight excluding hydrogens is 486 g/mol. The molecule has 2 N–H and O–H groups in total. The van der Waals surface area contributed by atoms with Gasteiger partial charge in [-0.05, 0) is 42.2 Å². The van der Waals surface area contributed by atoms with Gasteiger partial charge in [-0.3, -0.25) is 19.2 Å². The zero-order valence-corrected chi connectivity index (χ0v) is 21.6. The summed E-state index contributed by atoms with van der Waals surface area (Å²) in [5.41, 5.74) is -1.04. The van der Waals surface area contributed by atoms with E-state index in [1.165, 1.54) is 0 Å². The first-order valence-corrected chi connectivity index (χ1v) is 13.0. The van der Waals surface area contributed by atoms with Gasteiger partial charge in [0.05, 0.1) is 12.0 Å². The second kappa shape index (κ2) is 11.0. The quantitative estimate of drug-likeness (QED) is 0.206. The average molecular weight is 520 g/mol. The smallest absolute Gasteiger partial charge is 0.342 e. The third-order valence-electron chi connectivity index (χ3n) is 8.17. The van der Waals surface area contributed by atoms with E-state index in [0.29, 0.717) is 30.9 Å². The highest BCUT2D eigenvalue weighted by Crippen LogP contribution is 2.52. The molecule has 3 aliphatic rings. The highest BCUT2D eigenvalue weighted by atomic mass is 16.6. The molecule has 1 aromatic carbocycles. The van der Waals surface area contributed by atoms with E-state index >= 15 is 0 Å². The topological polar surface area (TPSA) is 127 Å². The lowest BCUT2D eigenvalue weighted by Crippen LogP contribution is -2.61. The fourth-order valence-electron chi connectivity index (χ4n) is 6.01. The molecular formula is C30H33NO7. The number of hydrogen-bond donors (Lipinski definition) is 2. The van der Waals surface area contributed by atoms with Crippen molar-refractivity contribution in [3.8, 4) is 0 Å². The van der Waals surface area contributed by atoms with E-state index in [2.05, 4.69) is 11.9 Å². The van der Waals surface area contributed by atoms with Gasteiger partial charge in [0.2, 0.25) is 17.2 Å². The van der Waals surface area contributed by atoms with Crippen molar-refractivity contribution in [3.05, 3.63) is 71.8 Å². The van der Waals surface area contributed by atoms with Gasteiger partial charge in [0.1, 0.15) is 5.57 Å². The van der Waals surface area contributed by atoms with E-state index in [0.717, 1.165) is 5.56 Å². The molecule has 1 amide bonds. The zero-order chi connectivity index (χ0) is 27.6. The summed E-state index contributed by atoms with van der Waals surface area (Å²) in [4.78, 5) is 63.7. The average Bonchev–Trinajstić information content (AvgIpc) is 3.17. The van der Waals surface area contributed by atoms with Crippen LogP contribution in [0.1, 0.15) is 38.7 Å². The maximum Gasteiger partial charge on any atom is 0.342 e. The van der Waals surface area contributed by atoms with Crippen LogP contribution in [0.5, 0.6) is 0 Å². The monoisotopic (exact) mass is 519 g/mol. The zero-order valence-electron chi connectivity index (χ0n) is 21.6. The Morgan fingerprint density at radius 2 is 1.87 bits per heavy atom. The van der Waals surface area contributed by atoms with Gasteiger partial charge in [-0.2, -0.15) is 0 Å². The second-order valence-electron chi connectivity index (χ2n) is 10.6. The fourth-order valence-corrected chi connectivity index (χ4v) is 6.01. The first-order valence-electron chi connectivity index (χ1n) is 13.0. The molecule has 2 aliphatic heterocycles. The molecule has 38 heavy (non-hydrogen) atoms. The van der Waals surface area contributed by atoms with Crippen LogP contribution in [0.4, 0.5) is 0 Å². The summed E-state index contributed by atoms with van der Waals surface area (Å²) in [5.74, 6) is -5.46. The van der Waals surface area contributed by atoms with Crippen LogP contribution in [0.15, 0.2) is 66.3 Å². The van der Waals surface area contributed by atoms with Gasteiger partial charge >= 0.3 is 5.97 Å². The molecule has 200 valence electrons. The predicted molar refractivity (Wildman–Crippen MR) is 139 cm³/mol. The number of aliphatic hydroxyl groups is 1. The van der Waals surface area contributed by atoms with Crippen LogP contribution in [-0.4, -0.2) is 52.6 Å². The predicted octanol–water partition coefficient (Wildman–Crippen LogP) is 2.45. The standard InChI is InChI=1S/C30H33NO7/c1-17-8-7-11-22-27(35)19(3)18(2)26-23(14-20-9-5-4-6-10-20)31-29(37)30(22,26)38-28(36)21(16-32)15-25(34)24(33)13-12-17/h4-7,9-11,15-18,22-23,26-27,35H,3,8,12-14H2,1-2H3,(H,31,37). The summed E-state index contributed by atoms with van der Waals surface area (Å²) >= 11 is 0. The van der Waals surface area contributed by atoms with E-state index in [-0.39, 0.29) is 18.6 Å². The van der Waals surface area contributed by atoms with Crippen LogP contribution in [0.3, 0.4) is 0 Å². The van der Waals surface area contributed by atoms with Crippen LogP contribution in [0.2, 0.25) is 0 Å². The number of ketones is 2. The fraction of sp³-hybridized carbons (Fsp3) is 0.433. The largest absolute Gasteiger partial charge is 0.444 e. The first kappa shape index (κ1) is 27.4. The summed E-state index contributed by atoms with van der Waals surface area (Å²) in [6.45, 7) is 7.87. The Morgan fingerprint density at radius 1 is 1.16 bits per heavy atom. The van der Waals surface area contributed by atoms with Crippen molar-refractivity contribution in [2.75, 3.05) is 0 Å². The third-order valence-corrected chi connectivity index (χ3v) is 8.17. The molecule has 1 saturated carbocycles. The normalized spacial score (nSPS) is 34.4. The summed E-state index contributed by atoms with van der Waals surface area (Å²) in [7, 11) is 0. The van der Waals surface area contributed by atoms with Crippen molar-refractivity contribution in [1.29, 1.82) is 0 Å². The van der Waals surface area contributed by atoms with Crippen molar-refractivity contribution in [3.63, 3.8) is 0 Å². The van der Waals surface area contributed by atoms with E-state index in [1.807, 2.05) is 44.2 Å². The summed E-state index contributed by atoms with van der Waals surface area (Å²) < 4.78 is 5.93. The van der Waals surface area contributed by atoms with Crippen LogP contribution >= 0.6 is 0 Å². The van der Waals surface area contributed by atoms with Crippen molar-refractivity contribution in [1.82, 2.24) is 5.32 Å². The molecule has 1 spiro atoms.